The molecule has 0 saturated carbocycles. The number of rotatable bonds is 4. The first kappa shape index (κ1) is 24.9. The minimum atomic E-state index is -0.432. The number of fused-ring (bicyclic) bond motifs is 3. The van der Waals surface area contributed by atoms with E-state index in [0.717, 1.165) is 45.4 Å². The Balaban J connectivity index is 1.43. The second-order valence-electron chi connectivity index (χ2n) is 11.5. The molecule has 0 amide bonds. The van der Waals surface area contributed by atoms with Gasteiger partial charge in [0.05, 0.1) is 16.8 Å². The molecule has 2 aromatic heterocycles. The molecule has 40 heavy (non-hydrogen) atoms. The summed E-state index contributed by atoms with van der Waals surface area (Å²) in [5.74, 6) is 2.52. The predicted octanol–water partition coefficient (Wildman–Crippen LogP) is 7.40. The summed E-state index contributed by atoms with van der Waals surface area (Å²) in [4.78, 5) is 14.9. The van der Waals surface area contributed by atoms with E-state index >= 15 is 0 Å². The molecule has 7 rings (SSSR count). The van der Waals surface area contributed by atoms with E-state index in [1.165, 1.54) is 0 Å². The van der Waals surface area contributed by atoms with Crippen molar-refractivity contribution in [2.75, 3.05) is 0 Å². The summed E-state index contributed by atoms with van der Waals surface area (Å²) < 4.78 is 19.5. The van der Waals surface area contributed by atoms with Crippen LogP contribution in [0.15, 0.2) is 95.4 Å². The Morgan fingerprint density at radius 1 is 0.675 bits per heavy atom. The first-order chi connectivity index (χ1) is 19.3. The van der Waals surface area contributed by atoms with E-state index in [0.29, 0.717) is 17.5 Å². The first-order valence-electron chi connectivity index (χ1n) is 13.7. The van der Waals surface area contributed by atoms with Gasteiger partial charge < -0.3 is 13.7 Å². The lowest BCUT2D eigenvalue weighted by Gasteiger charge is -2.32. The van der Waals surface area contributed by atoms with Crippen molar-refractivity contribution in [3.63, 3.8) is 0 Å². The third-order valence-corrected chi connectivity index (χ3v) is 8.32. The molecule has 1 atom stereocenters. The van der Waals surface area contributed by atoms with Crippen LogP contribution in [0.5, 0.6) is 0 Å². The zero-order chi connectivity index (χ0) is 27.5. The van der Waals surface area contributed by atoms with Crippen LogP contribution in [-0.2, 0) is 15.7 Å². The molecule has 6 nitrogen and oxygen atoms in total. The van der Waals surface area contributed by atoms with Crippen molar-refractivity contribution in [2.45, 2.75) is 51.1 Å². The van der Waals surface area contributed by atoms with Gasteiger partial charge in [0.15, 0.2) is 17.5 Å². The van der Waals surface area contributed by atoms with Crippen LogP contribution in [-0.4, -0.2) is 33.3 Å². The molecule has 0 bridgehead atoms. The number of aromatic nitrogens is 3. The Bertz CT molecular complexity index is 1670. The normalized spacial score (nSPS) is 19.4. The van der Waals surface area contributed by atoms with Gasteiger partial charge in [0, 0.05) is 27.9 Å². The highest BCUT2D eigenvalue weighted by Crippen LogP contribution is 2.47. The molecule has 198 valence electrons. The minimum Gasteiger partial charge on any atom is -0.456 e. The summed E-state index contributed by atoms with van der Waals surface area (Å²) in [6.45, 7) is 8.35. The minimum absolute atomic E-state index is 0.0540. The molecule has 2 aliphatic rings. The van der Waals surface area contributed by atoms with Gasteiger partial charge in [0.2, 0.25) is 0 Å². The molecule has 3 heterocycles. The van der Waals surface area contributed by atoms with E-state index in [4.69, 9.17) is 28.7 Å². The van der Waals surface area contributed by atoms with Crippen LogP contribution in [0.2, 0.25) is 5.82 Å². The Hall–Kier alpha value is -4.07. The van der Waals surface area contributed by atoms with Gasteiger partial charge in [-0.15, -0.1) is 0 Å². The van der Waals surface area contributed by atoms with Crippen molar-refractivity contribution in [1.29, 1.82) is 0 Å². The maximum atomic E-state index is 6.53. The van der Waals surface area contributed by atoms with Crippen LogP contribution in [0, 0.1) is 0 Å². The first-order valence-corrected chi connectivity index (χ1v) is 13.7. The molecule has 1 aliphatic heterocycles. The van der Waals surface area contributed by atoms with Crippen molar-refractivity contribution < 1.29 is 13.7 Å². The predicted molar refractivity (Wildman–Crippen MR) is 158 cm³/mol. The van der Waals surface area contributed by atoms with Crippen molar-refractivity contribution in [3.8, 4) is 22.8 Å². The molecule has 0 spiro atoms. The standard InChI is InChI=1S/C33H30BN3O3/c1-32(2)33(3,4)40-34(39-32)23-19-25-24-17-11-12-18-27(24)38-28(25)26(20-23)31-36-29(21-13-7-5-8-14-21)35-30(37-31)22-15-9-6-10-16-22/h5-18,20,23H,19H2,1-4H3. The summed E-state index contributed by atoms with van der Waals surface area (Å²) in [5.41, 5.74) is 3.77. The quantitative estimate of drug-likeness (QED) is 0.227. The highest BCUT2D eigenvalue weighted by atomic mass is 16.7. The summed E-state index contributed by atoms with van der Waals surface area (Å²) in [5, 5.41) is 1.09. The smallest absolute Gasteiger partial charge is 0.456 e. The van der Waals surface area contributed by atoms with Gasteiger partial charge in [-0.2, -0.15) is 0 Å². The SMILES string of the molecule is CC1(C)OB(C2C=C(c3nc(-c4ccccc4)nc(-c4ccccc4)n3)c3oc4ccccc4c3C2)OC1(C)C. The number of furan rings is 1. The van der Waals surface area contributed by atoms with E-state index < -0.39 is 18.3 Å². The molecule has 0 radical (unpaired) electrons. The Morgan fingerprint density at radius 3 is 1.80 bits per heavy atom. The maximum absolute atomic E-state index is 6.53. The zero-order valence-corrected chi connectivity index (χ0v) is 23.1. The molecular formula is C33H30BN3O3. The average molecular weight is 527 g/mol. The fourth-order valence-corrected chi connectivity index (χ4v) is 5.45. The average Bonchev–Trinajstić information content (AvgIpc) is 3.45. The fraction of sp³-hybridized carbons (Fsp3) is 0.242. The van der Waals surface area contributed by atoms with Crippen molar-refractivity contribution in [2.24, 2.45) is 0 Å². The lowest BCUT2D eigenvalue weighted by molar-refractivity contribution is 0.00578. The van der Waals surface area contributed by atoms with Gasteiger partial charge in [-0.3, -0.25) is 0 Å². The highest BCUT2D eigenvalue weighted by Gasteiger charge is 2.54. The molecule has 3 aromatic carbocycles. The number of benzene rings is 3. The van der Waals surface area contributed by atoms with Crippen molar-refractivity contribution in [1.82, 2.24) is 15.0 Å². The molecule has 1 aliphatic carbocycles. The summed E-state index contributed by atoms with van der Waals surface area (Å²) in [6, 6.07) is 28.2. The summed E-state index contributed by atoms with van der Waals surface area (Å²) >= 11 is 0. The van der Waals surface area contributed by atoms with Crippen molar-refractivity contribution >= 4 is 23.7 Å². The lowest BCUT2D eigenvalue weighted by atomic mass is 9.65. The molecule has 1 fully saturated rings. The van der Waals surface area contributed by atoms with Crippen molar-refractivity contribution in [3.05, 3.63) is 108 Å². The number of nitrogens with zero attached hydrogens (tertiary/aromatic N) is 3. The Morgan fingerprint density at radius 2 is 1.20 bits per heavy atom. The van der Waals surface area contributed by atoms with Crippen LogP contribution in [0.3, 0.4) is 0 Å². The molecular weight excluding hydrogens is 497 g/mol. The monoisotopic (exact) mass is 527 g/mol. The molecule has 0 N–H and O–H groups in total. The lowest BCUT2D eigenvalue weighted by Crippen LogP contribution is -2.41. The Kier molecular flexibility index (Phi) is 5.77. The Labute approximate surface area is 234 Å². The second kappa shape index (κ2) is 9.25. The molecule has 1 saturated heterocycles. The molecule has 1 unspecified atom stereocenters. The van der Waals surface area contributed by atoms with Crippen LogP contribution in [0.1, 0.15) is 44.8 Å². The van der Waals surface area contributed by atoms with Gasteiger partial charge in [-0.05, 0) is 40.2 Å². The third kappa shape index (κ3) is 4.17. The van der Waals surface area contributed by atoms with Gasteiger partial charge >= 0.3 is 7.12 Å². The second-order valence-corrected chi connectivity index (χ2v) is 11.5. The third-order valence-electron chi connectivity index (χ3n) is 8.32. The highest BCUT2D eigenvalue weighted by molar-refractivity contribution is 6.48. The van der Waals surface area contributed by atoms with Crippen LogP contribution < -0.4 is 0 Å². The fourth-order valence-electron chi connectivity index (χ4n) is 5.45. The van der Waals surface area contributed by atoms with Crippen LogP contribution in [0.25, 0.3) is 39.3 Å². The molecule has 5 aromatic rings. The van der Waals surface area contributed by atoms with Crippen LogP contribution >= 0.6 is 0 Å². The van der Waals surface area contributed by atoms with Gasteiger partial charge in [-0.1, -0.05) is 84.9 Å². The van der Waals surface area contributed by atoms with E-state index in [2.05, 4.69) is 39.8 Å². The van der Waals surface area contributed by atoms with Gasteiger partial charge in [-0.25, -0.2) is 15.0 Å². The number of hydrogen-bond acceptors (Lipinski definition) is 6. The number of allylic oxidation sites excluding steroid dienone is 1. The van der Waals surface area contributed by atoms with Gasteiger partial charge in [0.1, 0.15) is 11.3 Å². The number of para-hydroxylation sites is 1. The van der Waals surface area contributed by atoms with E-state index in [1.54, 1.807) is 0 Å². The largest absolute Gasteiger partial charge is 0.465 e. The molecule has 7 heteroatoms. The zero-order valence-electron chi connectivity index (χ0n) is 23.1. The summed E-state index contributed by atoms with van der Waals surface area (Å²) in [6.07, 6.45) is 2.90. The van der Waals surface area contributed by atoms with E-state index in [-0.39, 0.29) is 5.82 Å². The topological polar surface area (TPSA) is 70.3 Å². The van der Waals surface area contributed by atoms with E-state index in [1.807, 2.05) is 78.9 Å². The van der Waals surface area contributed by atoms with Gasteiger partial charge in [0.25, 0.3) is 0 Å². The maximum Gasteiger partial charge on any atom is 0.465 e. The van der Waals surface area contributed by atoms with Crippen LogP contribution in [0.4, 0.5) is 0 Å². The number of hydrogen-bond donors (Lipinski definition) is 0. The summed E-state index contributed by atoms with van der Waals surface area (Å²) in [7, 11) is -0.411. The van der Waals surface area contributed by atoms with E-state index in [9.17, 15) is 0 Å².